The number of H-pyrrole nitrogens is 1. The summed E-state index contributed by atoms with van der Waals surface area (Å²) in [5.74, 6) is 0. The molecule has 0 atom stereocenters. The van der Waals surface area contributed by atoms with Gasteiger partial charge >= 0.3 is 0 Å². The highest BCUT2D eigenvalue weighted by Gasteiger charge is 2.23. The number of aromatic nitrogens is 2. The number of hydrogen-bond donors (Lipinski definition) is 2. The van der Waals surface area contributed by atoms with Gasteiger partial charge in [-0.3, -0.25) is 14.4 Å². The molecule has 0 spiro atoms. The molecule has 0 fully saturated rings. The van der Waals surface area contributed by atoms with Crippen molar-refractivity contribution in [1.82, 2.24) is 9.78 Å². The molecule has 4 rings (SSSR count). The number of anilines is 1. The first-order valence-corrected chi connectivity index (χ1v) is 11.8. The second kappa shape index (κ2) is 7.92. The summed E-state index contributed by atoms with van der Waals surface area (Å²) in [5.41, 5.74) is 2.07. The van der Waals surface area contributed by atoms with Gasteiger partial charge in [-0.2, -0.15) is 8.42 Å². The molecule has 2 aromatic carbocycles. The molecule has 0 saturated carbocycles. The number of rotatable bonds is 4. The zero-order chi connectivity index (χ0) is 22.3. The second-order valence-electron chi connectivity index (χ2n) is 7.05. The van der Waals surface area contributed by atoms with Crippen LogP contribution in [0.2, 0.25) is 0 Å². The first kappa shape index (κ1) is 21.2. The quantitative estimate of drug-likeness (QED) is 0.587. The van der Waals surface area contributed by atoms with Gasteiger partial charge in [0.25, 0.3) is 15.7 Å². The number of fused-ring (bicyclic) bond motifs is 1. The molecule has 3 aromatic rings. The Morgan fingerprint density at radius 1 is 1.19 bits per heavy atom. The summed E-state index contributed by atoms with van der Waals surface area (Å²) in [4.78, 5) is 16.2. The third-order valence-corrected chi connectivity index (χ3v) is 7.03. The molecule has 2 heterocycles. The second-order valence-corrected chi connectivity index (χ2v) is 9.54. The molecule has 1 aliphatic heterocycles. The van der Waals surface area contributed by atoms with Crippen molar-refractivity contribution < 1.29 is 13.0 Å². The number of nitrogens with zero attached hydrogens (tertiary/aromatic N) is 2. The zero-order valence-corrected chi connectivity index (χ0v) is 18.6. The van der Waals surface area contributed by atoms with Crippen LogP contribution in [-0.2, 0) is 10.1 Å². The van der Waals surface area contributed by atoms with E-state index in [4.69, 9.17) is 4.55 Å². The summed E-state index contributed by atoms with van der Waals surface area (Å²) in [6.45, 7) is 8.73. The van der Waals surface area contributed by atoms with Crippen molar-refractivity contribution in [2.24, 2.45) is 0 Å². The maximum atomic E-state index is 13.1. The lowest BCUT2D eigenvalue weighted by Crippen LogP contribution is -2.35. The van der Waals surface area contributed by atoms with Crippen molar-refractivity contribution in [3.8, 4) is 5.69 Å². The van der Waals surface area contributed by atoms with E-state index in [-0.39, 0.29) is 10.5 Å². The molecule has 0 aliphatic carbocycles. The normalized spacial score (nSPS) is 16.0. The number of nitrogens with one attached hydrogen (secondary N) is 1. The van der Waals surface area contributed by atoms with E-state index in [9.17, 15) is 13.2 Å². The van der Waals surface area contributed by atoms with Gasteiger partial charge in [0.15, 0.2) is 0 Å². The first-order valence-electron chi connectivity index (χ1n) is 9.55. The average molecular weight is 456 g/mol. The highest BCUT2D eigenvalue weighted by molar-refractivity contribution is 8.03. The molecule has 0 saturated heterocycles. The number of para-hydroxylation sites is 1. The van der Waals surface area contributed by atoms with Crippen LogP contribution in [-0.4, -0.2) is 29.3 Å². The number of benzene rings is 2. The van der Waals surface area contributed by atoms with Crippen molar-refractivity contribution in [2.45, 2.75) is 23.6 Å². The van der Waals surface area contributed by atoms with Gasteiger partial charge in [0.2, 0.25) is 0 Å². The van der Waals surface area contributed by atoms with E-state index in [0.29, 0.717) is 16.3 Å². The Labute approximate surface area is 183 Å². The summed E-state index contributed by atoms with van der Waals surface area (Å²) in [7, 11) is -4.30. The van der Waals surface area contributed by atoms with Crippen LogP contribution < -0.4 is 21.0 Å². The van der Waals surface area contributed by atoms with Gasteiger partial charge in [0.1, 0.15) is 0 Å². The van der Waals surface area contributed by atoms with E-state index < -0.39 is 10.1 Å². The minimum atomic E-state index is -4.30. The summed E-state index contributed by atoms with van der Waals surface area (Å²) in [5, 5.41) is 4.90. The van der Waals surface area contributed by atoms with Crippen molar-refractivity contribution >= 4 is 39.7 Å². The predicted octanol–water partition coefficient (Wildman–Crippen LogP) is 2.47. The Morgan fingerprint density at radius 3 is 2.52 bits per heavy atom. The van der Waals surface area contributed by atoms with Crippen LogP contribution >= 0.6 is 11.8 Å². The van der Waals surface area contributed by atoms with Crippen LogP contribution in [0.1, 0.15) is 13.8 Å². The summed E-state index contributed by atoms with van der Waals surface area (Å²) >= 11 is 1.66. The fourth-order valence-electron chi connectivity index (χ4n) is 3.58. The molecule has 1 aliphatic rings. The zero-order valence-electron chi connectivity index (χ0n) is 17.0. The Bertz CT molecular complexity index is 1470. The maximum absolute atomic E-state index is 13.1. The molecule has 2 N–H and O–H groups in total. The molecule has 1 aromatic heterocycles. The third kappa shape index (κ3) is 3.87. The van der Waals surface area contributed by atoms with Gasteiger partial charge in [-0.15, -0.1) is 0 Å². The lowest BCUT2D eigenvalue weighted by Gasteiger charge is -2.17. The number of aromatic amines is 1. The Hall–Kier alpha value is -3.01. The standard InChI is InChI=1S/C22H21N3O4S2/c1-4-24-18-7-5-6-8-19(18)30-20(24)13-14(2)21-15(3)23-25(22(21)26)16-9-11-17(12-10-16)31(27,28)29/h5-13,23H,3-4H2,1-2H3,(H,27,28,29)/b20-13-,21-14?. The Balaban J connectivity index is 1.79. The molecule has 0 unspecified atom stereocenters. The summed E-state index contributed by atoms with van der Waals surface area (Å²) in [6.07, 6.45) is 1.99. The average Bonchev–Trinajstić information content (AvgIpc) is 3.23. The van der Waals surface area contributed by atoms with E-state index in [0.717, 1.165) is 22.8 Å². The highest BCUT2D eigenvalue weighted by Crippen LogP contribution is 2.45. The number of allylic oxidation sites excluding steroid dienone is 1. The molecule has 7 nitrogen and oxygen atoms in total. The van der Waals surface area contributed by atoms with Gasteiger partial charge in [-0.05, 0) is 61.9 Å². The van der Waals surface area contributed by atoms with Crippen molar-refractivity contribution in [3.05, 3.63) is 80.6 Å². The third-order valence-electron chi connectivity index (χ3n) is 5.05. The largest absolute Gasteiger partial charge is 0.335 e. The smallest absolute Gasteiger partial charge is 0.294 e. The van der Waals surface area contributed by atoms with E-state index in [1.165, 1.54) is 33.8 Å². The van der Waals surface area contributed by atoms with Crippen LogP contribution in [0.25, 0.3) is 17.8 Å². The topological polar surface area (TPSA) is 95.4 Å². The molecule has 0 bridgehead atoms. The Kier molecular flexibility index (Phi) is 5.42. The SMILES string of the molecule is C=c1[nH]n(-c2ccc(S(=O)(=O)O)cc2)c(=O)c1=C(C)/C=C1\Sc2ccccc2N1CC. The lowest BCUT2D eigenvalue weighted by atomic mass is 10.2. The van der Waals surface area contributed by atoms with Crippen molar-refractivity contribution in [1.29, 1.82) is 0 Å². The van der Waals surface area contributed by atoms with Crippen LogP contribution in [0, 0.1) is 0 Å². The molecule has 160 valence electrons. The van der Waals surface area contributed by atoms with Gasteiger partial charge in [0.05, 0.1) is 31.9 Å². The maximum Gasteiger partial charge on any atom is 0.294 e. The van der Waals surface area contributed by atoms with Gasteiger partial charge in [-0.1, -0.05) is 30.5 Å². The van der Waals surface area contributed by atoms with Crippen LogP contribution in [0.5, 0.6) is 0 Å². The summed E-state index contributed by atoms with van der Waals surface area (Å²) < 4.78 is 32.9. The van der Waals surface area contributed by atoms with Crippen LogP contribution in [0.15, 0.2) is 74.2 Å². The van der Waals surface area contributed by atoms with E-state index in [1.807, 2.05) is 25.1 Å². The first-order chi connectivity index (χ1) is 14.7. The molecule has 9 heteroatoms. The molecular weight excluding hydrogens is 434 g/mol. The number of hydrogen-bond acceptors (Lipinski definition) is 5. The van der Waals surface area contributed by atoms with Crippen molar-refractivity contribution in [3.63, 3.8) is 0 Å². The van der Waals surface area contributed by atoms with E-state index >= 15 is 0 Å². The van der Waals surface area contributed by atoms with Gasteiger partial charge in [-0.25, -0.2) is 4.68 Å². The van der Waals surface area contributed by atoms with Crippen molar-refractivity contribution in [2.75, 3.05) is 11.4 Å². The minimum absolute atomic E-state index is 0.240. The van der Waals surface area contributed by atoms with Gasteiger partial charge in [0, 0.05) is 11.4 Å². The Morgan fingerprint density at radius 2 is 1.87 bits per heavy atom. The van der Waals surface area contributed by atoms with E-state index in [2.05, 4.69) is 35.6 Å². The van der Waals surface area contributed by atoms with Gasteiger partial charge < -0.3 is 4.90 Å². The predicted molar refractivity (Wildman–Crippen MR) is 123 cm³/mol. The monoisotopic (exact) mass is 455 g/mol. The molecule has 31 heavy (non-hydrogen) atoms. The number of thioether (sulfide) groups is 1. The lowest BCUT2D eigenvalue weighted by molar-refractivity contribution is 0.483. The highest BCUT2D eigenvalue weighted by atomic mass is 32.2. The fourth-order valence-corrected chi connectivity index (χ4v) is 5.29. The molecule has 0 amide bonds. The van der Waals surface area contributed by atoms with Crippen LogP contribution in [0.3, 0.4) is 0 Å². The molecular formula is C22H21N3O4S2. The fraction of sp³-hybridized carbons (Fsp3) is 0.136. The van der Waals surface area contributed by atoms with E-state index in [1.54, 1.807) is 11.8 Å². The van der Waals surface area contributed by atoms with Crippen LogP contribution in [0.4, 0.5) is 5.69 Å². The molecule has 0 radical (unpaired) electrons. The minimum Gasteiger partial charge on any atom is -0.335 e. The summed E-state index contributed by atoms with van der Waals surface area (Å²) in [6, 6.07) is 13.5.